The Bertz CT molecular complexity index is 1100. The number of hydrogen-bond donors (Lipinski definition) is 1. The molecule has 2 aromatic carbocycles. The molecule has 0 radical (unpaired) electrons. The SMILES string of the molecule is Cc1cc(C)cc(NC(=O)C(C)Sc2ccc(=O)n(-c3ccc(C)c(C)c3)n2)c1. The highest BCUT2D eigenvalue weighted by Crippen LogP contribution is 2.23. The van der Waals surface area contributed by atoms with Gasteiger partial charge in [-0.2, -0.15) is 9.78 Å². The summed E-state index contributed by atoms with van der Waals surface area (Å²) in [6.07, 6.45) is 0. The van der Waals surface area contributed by atoms with Gasteiger partial charge in [0.1, 0.15) is 5.03 Å². The number of carbonyl (C=O) groups excluding carboxylic acids is 1. The highest BCUT2D eigenvalue weighted by atomic mass is 32.2. The van der Waals surface area contributed by atoms with E-state index >= 15 is 0 Å². The molecule has 29 heavy (non-hydrogen) atoms. The number of aromatic nitrogens is 2. The first kappa shape index (κ1) is 20.9. The van der Waals surface area contributed by atoms with Gasteiger partial charge in [-0.25, -0.2) is 0 Å². The van der Waals surface area contributed by atoms with E-state index in [4.69, 9.17) is 0 Å². The van der Waals surface area contributed by atoms with E-state index in [-0.39, 0.29) is 16.7 Å². The lowest BCUT2D eigenvalue weighted by Gasteiger charge is -2.13. The van der Waals surface area contributed by atoms with E-state index in [1.165, 1.54) is 22.5 Å². The fourth-order valence-electron chi connectivity index (χ4n) is 3.02. The van der Waals surface area contributed by atoms with Crippen molar-refractivity contribution >= 4 is 23.4 Å². The van der Waals surface area contributed by atoms with Gasteiger partial charge in [-0.3, -0.25) is 9.59 Å². The first-order valence-corrected chi connectivity index (χ1v) is 10.3. The number of hydrogen-bond acceptors (Lipinski definition) is 4. The molecule has 3 aromatic rings. The van der Waals surface area contributed by atoms with Crippen LogP contribution in [-0.4, -0.2) is 20.9 Å². The molecule has 6 heteroatoms. The molecule has 1 unspecified atom stereocenters. The van der Waals surface area contributed by atoms with Gasteiger partial charge in [-0.1, -0.05) is 23.9 Å². The topological polar surface area (TPSA) is 64.0 Å². The zero-order chi connectivity index (χ0) is 21.1. The molecule has 0 saturated heterocycles. The van der Waals surface area contributed by atoms with Crippen LogP contribution in [0.25, 0.3) is 5.69 Å². The summed E-state index contributed by atoms with van der Waals surface area (Å²) in [6, 6.07) is 14.9. The van der Waals surface area contributed by atoms with E-state index in [2.05, 4.69) is 16.5 Å². The molecule has 0 aliphatic heterocycles. The Kier molecular flexibility index (Phi) is 6.23. The molecule has 5 nitrogen and oxygen atoms in total. The van der Waals surface area contributed by atoms with Crippen LogP contribution in [0, 0.1) is 27.7 Å². The zero-order valence-corrected chi connectivity index (χ0v) is 18.1. The van der Waals surface area contributed by atoms with E-state index in [1.807, 2.05) is 65.0 Å². The summed E-state index contributed by atoms with van der Waals surface area (Å²) in [5.41, 5.74) is 5.75. The summed E-state index contributed by atoms with van der Waals surface area (Å²) in [5.74, 6) is -0.106. The normalized spacial score (nSPS) is 11.9. The number of aryl methyl sites for hydroxylation is 4. The third-order valence-electron chi connectivity index (χ3n) is 4.67. The van der Waals surface area contributed by atoms with Gasteiger partial charge in [0.15, 0.2) is 0 Å². The van der Waals surface area contributed by atoms with Crippen molar-refractivity contribution in [2.75, 3.05) is 5.32 Å². The quantitative estimate of drug-likeness (QED) is 0.629. The van der Waals surface area contributed by atoms with Crippen molar-refractivity contribution in [3.63, 3.8) is 0 Å². The molecule has 150 valence electrons. The summed E-state index contributed by atoms with van der Waals surface area (Å²) in [6.45, 7) is 9.86. The second-order valence-electron chi connectivity index (χ2n) is 7.32. The van der Waals surface area contributed by atoms with Crippen molar-refractivity contribution in [1.29, 1.82) is 0 Å². The summed E-state index contributed by atoms with van der Waals surface area (Å²) >= 11 is 1.32. The molecule has 1 heterocycles. The van der Waals surface area contributed by atoms with Crippen molar-refractivity contribution < 1.29 is 4.79 Å². The average Bonchev–Trinajstić information content (AvgIpc) is 2.64. The van der Waals surface area contributed by atoms with E-state index in [0.29, 0.717) is 10.7 Å². The molecule has 0 spiro atoms. The second kappa shape index (κ2) is 8.66. The number of thioether (sulfide) groups is 1. The first-order valence-electron chi connectivity index (χ1n) is 9.47. The largest absolute Gasteiger partial charge is 0.325 e. The van der Waals surface area contributed by atoms with Gasteiger partial charge in [0.05, 0.1) is 10.9 Å². The molecular formula is C23H25N3O2S. The Labute approximate surface area is 175 Å². The number of amides is 1. The molecule has 1 N–H and O–H groups in total. The fourth-order valence-corrected chi connectivity index (χ4v) is 3.83. The number of rotatable bonds is 5. The van der Waals surface area contributed by atoms with E-state index in [9.17, 15) is 9.59 Å². The van der Waals surface area contributed by atoms with Gasteiger partial charge in [0, 0.05) is 11.8 Å². The van der Waals surface area contributed by atoms with Crippen LogP contribution in [0.15, 0.2) is 58.4 Å². The third kappa shape index (κ3) is 5.15. The monoisotopic (exact) mass is 407 g/mol. The predicted octanol–water partition coefficient (Wildman–Crippen LogP) is 4.59. The smallest absolute Gasteiger partial charge is 0.271 e. The second-order valence-corrected chi connectivity index (χ2v) is 8.68. The molecule has 0 fully saturated rings. The van der Waals surface area contributed by atoms with E-state index < -0.39 is 0 Å². The Morgan fingerprint density at radius 1 is 0.966 bits per heavy atom. The molecule has 0 aliphatic carbocycles. The van der Waals surface area contributed by atoms with Crippen molar-refractivity contribution in [2.24, 2.45) is 0 Å². The number of anilines is 1. The highest BCUT2D eigenvalue weighted by molar-refractivity contribution is 8.00. The molecule has 1 atom stereocenters. The molecule has 0 bridgehead atoms. The van der Waals surface area contributed by atoms with Gasteiger partial charge in [0.2, 0.25) is 5.91 Å². The Morgan fingerprint density at radius 2 is 1.66 bits per heavy atom. The predicted molar refractivity (Wildman–Crippen MR) is 119 cm³/mol. The van der Waals surface area contributed by atoms with Crippen LogP contribution in [0.5, 0.6) is 0 Å². The molecule has 0 saturated carbocycles. The molecular weight excluding hydrogens is 382 g/mol. The lowest BCUT2D eigenvalue weighted by atomic mass is 10.1. The summed E-state index contributed by atoms with van der Waals surface area (Å²) in [7, 11) is 0. The Balaban J connectivity index is 1.78. The molecule has 1 amide bonds. The van der Waals surface area contributed by atoms with E-state index in [0.717, 1.165) is 27.9 Å². The lowest BCUT2D eigenvalue weighted by Crippen LogP contribution is -2.24. The van der Waals surface area contributed by atoms with Crippen LogP contribution in [0.1, 0.15) is 29.2 Å². The minimum absolute atomic E-state index is 0.106. The summed E-state index contributed by atoms with van der Waals surface area (Å²) in [4.78, 5) is 24.9. The lowest BCUT2D eigenvalue weighted by molar-refractivity contribution is -0.115. The summed E-state index contributed by atoms with van der Waals surface area (Å²) < 4.78 is 1.38. The van der Waals surface area contributed by atoms with Crippen LogP contribution in [-0.2, 0) is 4.79 Å². The van der Waals surface area contributed by atoms with E-state index in [1.54, 1.807) is 6.07 Å². The highest BCUT2D eigenvalue weighted by Gasteiger charge is 2.16. The van der Waals surface area contributed by atoms with Crippen LogP contribution in [0.2, 0.25) is 0 Å². The molecule has 1 aromatic heterocycles. The molecule has 0 aliphatic rings. The summed E-state index contributed by atoms with van der Waals surface area (Å²) in [5, 5.41) is 7.67. The van der Waals surface area contributed by atoms with Gasteiger partial charge in [-0.05, 0) is 87.2 Å². The minimum Gasteiger partial charge on any atom is -0.325 e. The Morgan fingerprint density at radius 3 is 2.31 bits per heavy atom. The van der Waals surface area contributed by atoms with Crippen LogP contribution >= 0.6 is 11.8 Å². The van der Waals surface area contributed by atoms with Gasteiger partial charge in [0.25, 0.3) is 5.56 Å². The minimum atomic E-state index is -0.367. The maximum atomic E-state index is 12.6. The van der Waals surface area contributed by atoms with Crippen molar-refractivity contribution in [3.8, 4) is 5.69 Å². The van der Waals surface area contributed by atoms with Gasteiger partial charge in [-0.15, -0.1) is 0 Å². The van der Waals surface area contributed by atoms with Crippen LogP contribution < -0.4 is 10.9 Å². The standard InChI is InChI=1S/C23H25N3O2S/c1-14-10-15(2)12-19(11-14)24-23(28)18(5)29-21-8-9-22(27)26(25-21)20-7-6-16(3)17(4)13-20/h6-13,18H,1-5H3,(H,24,28). The van der Waals surface area contributed by atoms with Gasteiger partial charge < -0.3 is 5.32 Å². The number of nitrogens with one attached hydrogen (secondary N) is 1. The zero-order valence-electron chi connectivity index (χ0n) is 17.3. The number of carbonyl (C=O) groups is 1. The van der Waals surface area contributed by atoms with Crippen molar-refractivity contribution in [1.82, 2.24) is 9.78 Å². The fraction of sp³-hybridized carbons (Fsp3) is 0.261. The number of benzene rings is 2. The third-order valence-corrected chi connectivity index (χ3v) is 5.69. The van der Waals surface area contributed by atoms with Crippen LogP contribution in [0.4, 0.5) is 5.69 Å². The Hall–Kier alpha value is -2.86. The molecule has 3 rings (SSSR count). The van der Waals surface area contributed by atoms with Gasteiger partial charge >= 0.3 is 0 Å². The first-order chi connectivity index (χ1) is 13.7. The average molecular weight is 408 g/mol. The van der Waals surface area contributed by atoms with Crippen molar-refractivity contribution in [3.05, 3.63) is 81.1 Å². The van der Waals surface area contributed by atoms with Crippen LogP contribution in [0.3, 0.4) is 0 Å². The van der Waals surface area contributed by atoms with Crippen molar-refractivity contribution in [2.45, 2.75) is 44.9 Å². The maximum Gasteiger partial charge on any atom is 0.271 e. The number of nitrogens with zero attached hydrogens (tertiary/aromatic N) is 2. The maximum absolute atomic E-state index is 12.6.